The summed E-state index contributed by atoms with van der Waals surface area (Å²) in [6.07, 6.45) is 1.80. The Kier molecular flexibility index (Phi) is 6.39. The minimum atomic E-state index is -3.46. The van der Waals surface area contributed by atoms with Crippen molar-refractivity contribution in [3.8, 4) is 5.75 Å². The van der Waals surface area contributed by atoms with E-state index in [1.165, 1.54) is 0 Å². The lowest BCUT2D eigenvalue weighted by molar-refractivity contribution is -0.134. The highest BCUT2D eigenvalue weighted by Gasteiger charge is 2.28. The Morgan fingerprint density at radius 1 is 1.04 bits per heavy atom. The van der Waals surface area contributed by atoms with E-state index in [0.717, 1.165) is 25.9 Å². The van der Waals surface area contributed by atoms with Crippen LogP contribution < -0.4 is 4.74 Å². The van der Waals surface area contributed by atoms with E-state index in [0.29, 0.717) is 37.8 Å². The molecule has 0 aromatic heterocycles. The van der Waals surface area contributed by atoms with Crippen LogP contribution in [0.3, 0.4) is 0 Å². The van der Waals surface area contributed by atoms with Gasteiger partial charge in [0.25, 0.3) is 5.91 Å². The van der Waals surface area contributed by atoms with Crippen LogP contribution >= 0.6 is 0 Å². The van der Waals surface area contributed by atoms with Gasteiger partial charge in [-0.15, -0.1) is 0 Å². The molecule has 0 spiro atoms. The first-order valence-corrected chi connectivity index (χ1v) is 11.0. The second kappa shape index (κ2) is 8.58. The Bertz CT molecular complexity index is 735. The number of benzene rings is 1. The van der Waals surface area contributed by atoms with Crippen LogP contribution in [0, 0.1) is 5.92 Å². The number of hydrogen-bond acceptors (Lipinski definition) is 5. The molecule has 2 heterocycles. The van der Waals surface area contributed by atoms with Gasteiger partial charge in [-0.3, -0.25) is 4.79 Å². The summed E-state index contributed by atoms with van der Waals surface area (Å²) in [6.45, 7) is 6.43. The van der Waals surface area contributed by atoms with Crippen molar-refractivity contribution in [3.63, 3.8) is 0 Å². The van der Waals surface area contributed by atoms with Crippen LogP contribution in [0.2, 0.25) is 0 Å². The van der Waals surface area contributed by atoms with Crippen LogP contribution in [0.25, 0.3) is 0 Å². The topological polar surface area (TPSA) is 70.2 Å². The Morgan fingerprint density at radius 2 is 1.63 bits per heavy atom. The molecule has 1 aromatic carbocycles. The maximum absolute atomic E-state index is 12.7. The van der Waals surface area contributed by atoms with E-state index in [4.69, 9.17) is 4.74 Å². The molecule has 3 rings (SSSR count). The third-order valence-electron chi connectivity index (χ3n) is 5.42. The number of amides is 1. The highest BCUT2D eigenvalue weighted by Crippen LogP contribution is 2.24. The Morgan fingerprint density at radius 3 is 2.22 bits per heavy atom. The number of rotatable bonds is 5. The van der Waals surface area contributed by atoms with Crippen molar-refractivity contribution in [1.82, 2.24) is 14.1 Å². The first-order valence-electron chi connectivity index (χ1n) is 9.55. The molecule has 2 saturated heterocycles. The fourth-order valence-electron chi connectivity index (χ4n) is 3.37. The lowest BCUT2D eigenvalue weighted by Crippen LogP contribution is -2.48. The van der Waals surface area contributed by atoms with Crippen molar-refractivity contribution < 1.29 is 17.9 Å². The molecule has 8 heteroatoms. The van der Waals surface area contributed by atoms with Gasteiger partial charge in [-0.1, -0.05) is 6.92 Å². The van der Waals surface area contributed by atoms with Gasteiger partial charge in [0.15, 0.2) is 6.61 Å². The number of carbonyl (C=O) groups is 1. The molecule has 0 radical (unpaired) electrons. The third-order valence-corrected chi connectivity index (χ3v) is 7.34. The molecule has 27 heavy (non-hydrogen) atoms. The summed E-state index contributed by atoms with van der Waals surface area (Å²) in [6, 6.07) is 6.36. The molecule has 0 atom stereocenters. The molecule has 150 valence electrons. The third kappa shape index (κ3) is 5.00. The Labute approximate surface area is 161 Å². The van der Waals surface area contributed by atoms with Crippen LogP contribution in [0.15, 0.2) is 29.2 Å². The van der Waals surface area contributed by atoms with Crippen LogP contribution in [0.5, 0.6) is 5.75 Å². The second-order valence-electron chi connectivity index (χ2n) is 7.53. The normalized spacial score (nSPS) is 20.6. The molecule has 0 unspecified atom stereocenters. The summed E-state index contributed by atoms with van der Waals surface area (Å²) in [7, 11) is -1.42. The number of piperidine rings is 1. The number of nitrogens with zero attached hydrogens (tertiary/aromatic N) is 3. The molecule has 7 nitrogen and oxygen atoms in total. The van der Waals surface area contributed by atoms with Gasteiger partial charge in [0, 0.05) is 39.3 Å². The minimum Gasteiger partial charge on any atom is -0.484 e. The summed E-state index contributed by atoms with van der Waals surface area (Å²) in [5, 5.41) is 0. The Hall–Kier alpha value is -1.64. The van der Waals surface area contributed by atoms with Crippen molar-refractivity contribution >= 4 is 15.9 Å². The zero-order chi connectivity index (χ0) is 19.4. The summed E-state index contributed by atoms with van der Waals surface area (Å²) < 4.78 is 32.6. The number of ether oxygens (including phenoxy) is 1. The molecule has 0 bridgehead atoms. The summed E-state index contributed by atoms with van der Waals surface area (Å²) in [5.74, 6) is 1.04. The number of piperazine rings is 1. The van der Waals surface area contributed by atoms with E-state index in [2.05, 4.69) is 11.8 Å². The summed E-state index contributed by atoms with van der Waals surface area (Å²) in [4.78, 5) is 16.5. The maximum Gasteiger partial charge on any atom is 0.260 e. The van der Waals surface area contributed by atoms with Crippen molar-refractivity contribution in [2.75, 3.05) is 52.9 Å². The van der Waals surface area contributed by atoms with Crippen LogP contribution in [0.1, 0.15) is 19.8 Å². The van der Waals surface area contributed by atoms with Crippen molar-refractivity contribution in [2.24, 2.45) is 5.92 Å². The van der Waals surface area contributed by atoms with Crippen molar-refractivity contribution in [3.05, 3.63) is 24.3 Å². The molecule has 0 N–H and O–H groups in total. The largest absolute Gasteiger partial charge is 0.484 e. The SMILES string of the molecule is CC1CCN(S(=O)(=O)c2ccc(OCC(=O)N3CCN(C)CC3)cc2)CC1. The molecule has 2 aliphatic rings. The highest BCUT2D eigenvalue weighted by atomic mass is 32.2. The van der Waals surface area contributed by atoms with E-state index in [1.54, 1.807) is 33.5 Å². The molecule has 2 fully saturated rings. The average Bonchev–Trinajstić information content (AvgIpc) is 2.67. The fourth-order valence-corrected chi connectivity index (χ4v) is 4.84. The fraction of sp³-hybridized carbons (Fsp3) is 0.632. The smallest absolute Gasteiger partial charge is 0.260 e. The van der Waals surface area contributed by atoms with Crippen LogP contribution in [0.4, 0.5) is 0 Å². The lowest BCUT2D eigenvalue weighted by atomic mass is 10.0. The van der Waals surface area contributed by atoms with Crippen LogP contribution in [-0.4, -0.2) is 81.4 Å². The van der Waals surface area contributed by atoms with Crippen molar-refractivity contribution in [2.45, 2.75) is 24.7 Å². The maximum atomic E-state index is 12.7. The standard InChI is InChI=1S/C19H29N3O4S/c1-16-7-9-22(10-8-16)27(24,25)18-5-3-17(4-6-18)26-15-19(23)21-13-11-20(2)12-14-21/h3-6,16H,7-15H2,1-2H3. The molecular weight excluding hydrogens is 366 g/mol. The number of hydrogen-bond donors (Lipinski definition) is 0. The number of likely N-dealkylation sites (N-methyl/N-ethyl adjacent to an activating group) is 1. The molecule has 0 aliphatic carbocycles. The van der Waals surface area contributed by atoms with Crippen molar-refractivity contribution in [1.29, 1.82) is 0 Å². The predicted molar refractivity (Wildman–Crippen MR) is 103 cm³/mol. The first-order chi connectivity index (χ1) is 12.9. The van der Waals surface area contributed by atoms with Gasteiger partial charge < -0.3 is 14.5 Å². The predicted octanol–water partition coefficient (Wildman–Crippen LogP) is 1.26. The zero-order valence-electron chi connectivity index (χ0n) is 16.1. The molecule has 1 aromatic rings. The number of carbonyl (C=O) groups excluding carboxylic acids is 1. The number of sulfonamides is 1. The highest BCUT2D eigenvalue weighted by molar-refractivity contribution is 7.89. The van der Waals surface area contributed by atoms with Gasteiger partial charge in [0.05, 0.1) is 4.90 Å². The van der Waals surface area contributed by atoms with Gasteiger partial charge in [0.1, 0.15) is 5.75 Å². The average molecular weight is 396 g/mol. The van der Waals surface area contributed by atoms with E-state index >= 15 is 0 Å². The summed E-state index contributed by atoms with van der Waals surface area (Å²) >= 11 is 0. The van der Waals surface area contributed by atoms with E-state index in [9.17, 15) is 13.2 Å². The second-order valence-corrected chi connectivity index (χ2v) is 9.47. The summed E-state index contributed by atoms with van der Waals surface area (Å²) in [5.41, 5.74) is 0. The van der Waals surface area contributed by atoms with Gasteiger partial charge >= 0.3 is 0 Å². The van der Waals surface area contributed by atoms with Gasteiger partial charge in [0.2, 0.25) is 10.0 Å². The first kappa shape index (κ1) is 20.1. The zero-order valence-corrected chi connectivity index (χ0v) is 17.0. The minimum absolute atomic E-state index is 0.0280. The van der Waals surface area contributed by atoms with E-state index < -0.39 is 10.0 Å². The van der Waals surface area contributed by atoms with Gasteiger partial charge in [-0.05, 0) is 50.1 Å². The quantitative estimate of drug-likeness (QED) is 0.751. The van der Waals surface area contributed by atoms with E-state index in [-0.39, 0.29) is 17.4 Å². The molecule has 2 aliphatic heterocycles. The Balaban J connectivity index is 1.54. The van der Waals surface area contributed by atoms with E-state index in [1.807, 2.05) is 7.05 Å². The monoisotopic (exact) mass is 395 g/mol. The molecule has 1 amide bonds. The van der Waals surface area contributed by atoms with Gasteiger partial charge in [-0.25, -0.2) is 8.42 Å². The van der Waals surface area contributed by atoms with Crippen LogP contribution in [-0.2, 0) is 14.8 Å². The molecular formula is C19H29N3O4S. The lowest BCUT2D eigenvalue weighted by Gasteiger charge is -2.32. The van der Waals surface area contributed by atoms with Gasteiger partial charge in [-0.2, -0.15) is 4.31 Å². The molecule has 0 saturated carbocycles.